The maximum atomic E-state index is 12.7. The Morgan fingerprint density at radius 3 is 2.96 bits per heavy atom. The van der Waals surface area contributed by atoms with E-state index in [1.807, 2.05) is 35.2 Å². The molecule has 0 saturated carbocycles. The third-order valence-electron chi connectivity index (χ3n) is 4.79. The molecule has 2 atom stereocenters. The third-order valence-corrected chi connectivity index (χ3v) is 4.79. The highest BCUT2D eigenvalue weighted by Crippen LogP contribution is 2.26. The van der Waals surface area contributed by atoms with Crippen LogP contribution in [0.25, 0.3) is 10.9 Å². The fourth-order valence-corrected chi connectivity index (χ4v) is 3.62. The molecule has 4 nitrogen and oxygen atoms in total. The van der Waals surface area contributed by atoms with Crippen LogP contribution in [0.1, 0.15) is 23.2 Å². The molecule has 1 amide bonds. The lowest BCUT2D eigenvalue weighted by Crippen LogP contribution is -2.46. The van der Waals surface area contributed by atoms with Crippen molar-refractivity contribution >= 4 is 41.6 Å². The van der Waals surface area contributed by atoms with Gasteiger partial charge in [0.05, 0.1) is 5.52 Å². The van der Waals surface area contributed by atoms with Crippen molar-refractivity contribution in [1.82, 2.24) is 15.2 Å². The minimum atomic E-state index is 0. The molecule has 3 heterocycles. The average Bonchev–Trinajstić information content (AvgIpc) is 3.01. The molecule has 1 N–H and O–H groups in total. The van der Waals surface area contributed by atoms with Gasteiger partial charge in [-0.2, -0.15) is 0 Å². The summed E-state index contributed by atoms with van der Waals surface area (Å²) in [5.74, 6) is 0.788. The number of pyridine rings is 1. The highest BCUT2D eigenvalue weighted by Gasteiger charge is 2.34. The summed E-state index contributed by atoms with van der Waals surface area (Å²) in [4.78, 5) is 19.0. The second-order valence-corrected chi connectivity index (χ2v) is 6.06. The smallest absolute Gasteiger partial charge is 0.253 e. The maximum absolute atomic E-state index is 12.7. The monoisotopic (exact) mass is 353 g/mol. The second-order valence-electron chi connectivity index (χ2n) is 6.06. The molecule has 2 aliphatic heterocycles. The number of fused-ring (bicyclic) bond motifs is 2. The summed E-state index contributed by atoms with van der Waals surface area (Å²) in [6.07, 6.45) is 4.04. The lowest BCUT2D eigenvalue weighted by molar-refractivity contribution is 0.0662. The average molecular weight is 354 g/mol. The van der Waals surface area contributed by atoms with Gasteiger partial charge >= 0.3 is 0 Å². The number of carbonyl (C=O) groups is 1. The predicted octanol–water partition coefficient (Wildman–Crippen LogP) is 2.90. The Morgan fingerprint density at radius 2 is 2.09 bits per heavy atom. The number of piperidine rings is 1. The first-order chi connectivity index (χ1) is 10.3. The summed E-state index contributed by atoms with van der Waals surface area (Å²) >= 11 is 0. The van der Waals surface area contributed by atoms with E-state index in [0.717, 1.165) is 42.5 Å². The van der Waals surface area contributed by atoms with Crippen LogP contribution in [0.5, 0.6) is 0 Å². The van der Waals surface area contributed by atoms with Crippen LogP contribution in [-0.2, 0) is 0 Å². The number of carbonyl (C=O) groups excluding carboxylic acids is 1. The summed E-state index contributed by atoms with van der Waals surface area (Å²) in [5, 5.41) is 4.56. The first-order valence-corrected chi connectivity index (χ1v) is 7.69. The molecule has 0 spiro atoms. The molecule has 2 aromatic rings. The largest absolute Gasteiger partial charge is 0.338 e. The standard InChI is InChI=1S/C17H19N3O.2ClH/c21-17(20-9-6-16-14(11-20)5-8-19-16)13-3-4-15-12(10-13)2-1-7-18-15;;/h1-4,7,10,14,16,19H,5-6,8-9,11H2;2*1H. The Bertz CT molecular complexity index is 694. The van der Waals surface area contributed by atoms with Gasteiger partial charge in [0.15, 0.2) is 0 Å². The molecular formula is C17H21Cl2N3O. The number of nitrogens with zero attached hydrogens (tertiary/aromatic N) is 2. The van der Waals surface area contributed by atoms with Gasteiger partial charge in [-0.15, -0.1) is 24.8 Å². The molecule has 1 aromatic heterocycles. The summed E-state index contributed by atoms with van der Waals surface area (Å²) < 4.78 is 0. The number of hydrogen-bond acceptors (Lipinski definition) is 3. The van der Waals surface area contributed by atoms with Crippen molar-refractivity contribution in [3.05, 3.63) is 42.1 Å². The predicted molar refractivity (Wildman–Crippen MR) is 96.7 cm³/mol. The Morgan fingerprint density at radius 1 is 1.22 bits per heavy atom. The van der Waals surface area contributed by atoms with E-state index in [4.69, 9.17) is 0 Å². The number of benzene rings is 1. The quantitative estimate of drug-likeness (QED) is 0.857. The van der Waals surface area contributed by atoms with Crippen LogP contribution in [0.2, 0.25) is 0 Å². The van der Waals surface area contributed by atoms with E-state index < -0.39 is 0 Å². The molecule has 124 valence electrons. The van der Waals surface area contributed by atoms with Gasteiger partial charge in [0.1, 0.15) is 0 Å². The third kappa shape index (κ3) is 3.44. The van der Waals surface area contributed by atoms with Gasteiger partial charge in [0.25, 0.3) is 5.91 Å². The molecule has 0 bridgehead atoms. The van der Waals surface area contributed by atoms with E-state index in [9.17, 15) is 4.79 Å². The first kappa shape index (κ1) is 18.0. The molecule has 2 saturated heterocycles. The van der Waals surface area contributed by atoms with Gasteiger partial charge in [0.2, 0.25) is 0 Å². The molecule has 4 rings (SSSR count). The first-order valence-electron chi connectivity index (χ1n) is 7.69. The van der Waals surface area contributed by atoms with Crippen molar-refractivity contribution in [3.8, 4) is 0 Å². The van der Waals surface area contributed by atoms with Crippen molar-refractivity contribution in [2.45, 2.75) is 18.9 Å². The molecule has 2 fully saturated rings. The van der Waals surface area contributed by atoms with Crippen molar-refractivity contribution in [1.29, 1.82) is 0 Å². The number of halogens is 2. The Hall–Kier alpha value is -1.36. The van der Waals surface area contributed by atoms with Gasteiger partial charge in [-0.25, -0.2) is 0 Å². The van der Waals surface area contributed by atoms with E-state index in [-0.39, 0.29) is 30.7 Å². The summed E-state index contributed by atoms with van der Waals surface area (Å²) in [6, 6.07) is 10.3. The topological polar surface area (TPSA) is 45.2 Å². The molecule has 2 unspecified atom stereocenters. The Kier molecular flexibility index (Phi) is 5.84. The fraction of sp³-hybridized carbons (Fsp3) is 0.412. The maximum Gasteiger partial charge on any atom is 0.253 e. The minimum Gasteiger partial charge on any atom is -0.338 e. The molecule has 0 aliphatic carbocycles. The van der Waals surface area contributed by atoms with E-state index in [1.165, 1.54) is 6.42 Å². The van der Waals surface area contributed by atoms with Crippen LogP contribution >= 0.6 is 24.8 Å². The Labute approximate surface area is 148 Å². The lowest BCUT2D eigenvalue weighted by atomic mass is 9.93. The van der Waals surface area contributed by atoms with Gasteiger partial charge in [-0.05, 0) is 49.6 Å². The Balaban J connectivity index is 0.000000960. The minimum absolute atomic E-state index is 0. The van der Waals surface area contributed by atoms with Crippen LogP contribution in [0.4, 0.5) is 0 Å². The van der Waals surface area contributed by atoms with Gasteiger partial charge in [-0.3, -0.25) is 9.78 Å². The summed E-state index contributed by atoms with van der Waals surface area (Å²) in [6.45, 7) is 2.85. The SMILES string of the molecule is Cl.Cl.O=C(c1ccc2ncccc2c1)N1CCC2NCCC2C1. The van der Waals surface area contributed by atoms with Gasteiger partial charge in [0, 0.05) is 36.3 Å². The number of rotatable bonds is 1. The number of aromatic nitrogens is 1. The van der Waals surface area contributed by atoms with Crippen molar-refractivity contribution in [3.63, 3.8) is 0 Å². The van der Waals surface area contributed by atoms with E-state index in [0.29, 0.717) is 12.0 Å². The van der Waals surface area contributed by atoms with Crippen LogP contribution in [-0.4, -0.2) is 41.5 Å². The zero-order chi connectivity index (χ0) is 14.2. The number of likely N-dealkylation sites (tertiary alicyclic amines) is 1. The van der Waals surface area contributed by atoms with E-state index in [2.05, 4.69) is 10.3 Å². The number of hydrogen-bond donors (Lipinski definition) is 1. The molecule has 1 aromatic carbocycles. The van der Waals surface area contributed by atoms with Crippen LogP contribution in [0, 0.1) is 5.92 Å². The van der Waals surface area contributed by atoms with Crippen molar-refractivity contribution < 1.29 is 4.79 Å². The molecule has 23 heavy (non-hydrogen) atoms. The zero-order valence-electron chi connectivity index (χ0n) is 12.8. The van der Waals surface area contributed by atoms with E-state index in [1.54, 1.807) is 6.20 Å². The van der Waals surface area contributed by atoms with Crippen molar-refractivity contribution in [2.24, 2.45) is 5.92 Å². The summed E-state index contributed by atoms with van der Waals surface area (Å²) in [7, 11) is 0. The summed E-state index contributed by atoms with van der Waals surface area (Å²) in [5.41, 5.74) is 1.72. The molecule has 2 aliphatic rings. The van der Waals surface area contributed by atoms with Gasteiger partial charge < -0.3 is 10.2 Å². The lowest BCUT2D eigenvalue weighted by Gasteiger charge is -2.35. The molecular weight excluding hydrogens is 333 g/mol. The highest BCUT2D eigenvalue weighted by molar-refractivity contribution is 5.98. The molecule has 0 radical (unpaired) electrons. The van der Waals surface area contributed by atoms with Crippen LogP contribution in [0.3, 0.4) is 0 Å². The second kappa shape index (κ2) is 7.47. The van der Waals surface area contributed by atoms with E-state index >= 15 is 0 Å². The van der Waals surface area contributed by atoms with Crippen LogP contribution in [0.15, 0.2) is 36.5 Å². The highest BCUT2D eigenvalue weighted by atomic mass is 35.5. The normalized spacial score (nSPS) is 22.9. The molecule has 6 heteroatoms. The van der Waals surface area contributed by atoms with Crippen LogP contribution < -0.4 is 5.32 Å². The van der Waals surface area contributed by atoms with Crippen molar-refractivity contribution in [2.75, 3.05) is 19.6 Å². The fourth-order valence-electron chi connectivity index (χ4n) is 3.62. The van der Waals surface area contributed by atoms with Gasteiger partial charge in [-0.1, -0.05) is 6.07 Å². The zero-order valence-corrected chi connectivity index (χ0v) is 14.4. The number of amides is 1. The number of nitrogens with one attached hydrogen (secondary N) is 1.